The van der Waals surface area contributed by atoms with E-state index in [1.54, 1.807) is 24.3 Å². The van der Waals surface area contributed by atoms with Gasteiger partial charge in [0.2, 0.25) is 0 Å². The summed E-state index contributed by atoms with van der Waals surface area (Å²) in [6.45, 7) is 3.54. The van der Waals surface area contributed by atoms with Crippen LogP contribution in [0.25, 0.3) is 10.4 Å². The molecule has 0 aliphatic heterocycles. The first kappa shape index (κ1) is 17.1. The number of hydrogen-bond donors (Lipinski definition) is 1. The summed E-state index contributed by atoms with van der Waals surface area (Å²) >= 11 is 1.24. The van der Waals surface area contributed by atoms with Gasteiger partial charge >= 0.3 is 5.97 Å². The van der Waals surface area contributed by atoms with E-state index in [0.717, 1.165) is 16.9 Å². The highest BCUT2D eigenvalue weighted by molar-refractivity contribution is 7.17. The molecule has 1 heterocycles. The number of carbonyl (C=O) groups is 2. The zero-order valence-corrected chi connectivity index (χ0v) is 13.8. The first-order chi connectivity index (χ1) is 11.0. The van der Waals surface area contributed by atoms with Gasteiger partial charge in [0.1, 0.15) is 10.7 Å². The van der Waals surface area contributed by atoms with Crippen molar-refractivity contribution in [3.63, 3.8) is 0 Å². The van der Waals surface area contributed by atoms with Crippen LogP contribution in [0.3, 0.4) is 0 Å². The third-order valence-corrected chi connectivity index (χ3v) is 4.40. The number of hydrogen-bond acceptors (Lipinski definition) is 4. The lowest BCUT2D eigenvalue weighted by molar-refractivity contribution is -0.124. The maximum Gasteiger partial charge on any atom is 0.348 e. The lowest BCUT2D eigenvalue weighted by Gasteiger charge is -2.11. The topological polar surface area (TPSA) is 55.4 Å². The summed E-state index contributed by atoms with van der Waals surface area (Å²) in [6.07, 6.45) is 0.811. The molecule has 6 heteroatoms. The van der Waals surface area contributed by atoms with Crippen molar-refractivity contribution in [3.05, 3.63) is 47.1 Å². The van der Waals surface area contributed by atoms with Crippen LogP contribution in [0.1, 0.15) is 29.9 Å². The van der Waals surface area contributed by atoms with Crippen LogP contribution in [0, 0.1) is 5.82 Å². The van der Waals surface area contributed by atoms with E-state index in [1.165, 1.54) is 23.5 Å². The van der Waals surface area contributed by atoms with Crippen LogP contribution in [0.5, 0.6) is 0 Å². The molecule has 1 unspecified atom stereocenters. The largest absolute Gasteiger partial charge is 0.451 e. The summed E-state index contributed by atoms with van der Waals surface area (Å²) in [4.78, 5) is 24.8. The van der Waals surface area contributed by atoms with E-state index in [2.05, 4.69) is 5.32 Å². The van der Waals surface area contributed by atoms with E-state index >= 15 is 0 Å². The van der Waals surface area contributed by atoms with Crippen LogP contribution in [-0.2, 0) is 9.53 Å². The van der Waals surface area contributed by atoms with Crippen molar-refractivity contribution in [1.82, 2.24) is 5.32 Å². The monoisotopic (exact) mass is 335 g/mol. The normalized spacial score (nSPS) is 11.8. The number of ether oxygens (including phenoxy) is 1. The fourth-order valence-electron chi connectivity index (χ4n) is 1.84. The van der Waals surface area contributed by atoms with Crippen molar-refractivity contribution in [3.8, 4) is 10.4 Å². The van der Waals surface area contributed by atoms with Gasteiger partial charge < -0.3 is 10.1 Å². The van der Waals surface area contributed by atoms with Crippen molar-refractivity contribution >= 4 is 23.2 Å². The Morgan fingerprint density at radius 1 is 1.22 bits per heavy atom. The summed E-state index contributed by atoms with van der Waals surface area (Å²) in [5, 5.41) is 2.72. The highest BCUT2D eigenvalue weighted by Gasteiger charge is 2.14. The molecule has 2 rings (SSSR count). The fraction of sp³-hybridized carbons (Fsp3) is 0.294. The number of halogens is 1. The highest BCUT2D eigenvalue weighted by Crippen LogP contribution is 2.28. The molecule has 0 fully saturated rings. The number of amides is 1. The molecule has 1 aromatic heterocycles. The van der Waals surface area contributed by atoms with Crippen LogP contribution in [0.4, 0.5) is 4.39 Å². The molecule has 1 N–H and O–H groups in total. The molecule has 0 saturated heterocycles. The standard InChI is InChI=1S/C17H18FNO3S/c1-3-11(2)19-16(20)10-22-17(21)15-9-8-14(23-15)12-4-6-13(18)7-5-12/h4-9,11H,3,10H2,1-2H3,(H,19,20). The van der Waals surface area contributed by atoms with Crippen LogP contribution in [0.15, 0.2) is 36.4 Å². The van der Waals surface area contributed by atoms with Gasteiger partial charge in [-0.1, -0.05) is 19.1 Å². The molecule has 0 saturated carbocycles. The minimum atomic E-state index is -0.539. The van der Waals surface area contributed by atoms with Crippen molar-refractivity contribution in [2.45, 2.75) is 26.3 Å². The molecule has 0 radical (unpaired) electrons. The summed E-state index contributed by atoms with van der Waals surface area (Å²) in [5.74, 6) is -1.16. The van der Waals surface area contributed by atoms with Crippen molar-refractivity contribution < 1.29 is 18.7 Å². The Morgan fingerprint density at radius 2 is 1.91 bits per heavy atom. The second-order valence-corrected chi connectivity index (χ2v) is 6.21. The molecule has 2 aromatic rings. The molecule has 0 spiro atoms. The molecule has 1 aromatic carbocycles. The Labute approximate surface area is 138 Å². The highest BCUT2D eigenvalue weighted by atomic mass is 32.1. The van der Waals surface area contributed by atoms with Crippen LogP contribution >= 0.6 is 11.3 Å². The lowest BCUT2D eigenvalue weighted by atomic mass is 10.2. The second-order valence-electron chi connectivity index (χ2n) is 5.12. The van der Waals surface area contributed by atoms with Crippen LogP contribution in [0.2, 0.25) is 0 Å². The van der Waals surface area contributed by atoms with Crippen LogP contribution in [-0.4, -0.2) is 24.5 Å². The molecular weight excluding hydrogens is 317 g/mol. The number of rotatable bonds is 6. The molecule has 0 aliphatic rings. The van der Waals surface area contributed by atoms with Gasteiger partial charge in [-0.3, -0.25) is 4.79 Å². The van der Waals surface area contributed by atoms with Gasteiger partial charge in [-0.05, 0) is 43.2 Å². The molecular formula is C17H18FNO3S. The number of thiophene rings is 1. The summed E-state index contributed by atoms with van der Waals surface area (Å²) in [5.41, 5.74) is 0.824. The minimum absolute atomic E-state index is 0.0491. The van der Waals surface area contributed by atoms with E-state index in [0.29, 0.717) is 4.88 Å². The average Bonchev–Trinajstić information content (AvgIpc) is 3.03. The maximum atomic E-state index is 12.9. The van der Waals surface area contributed by atoms with Gasteiger partial charge in [-0.25, -0.2) is 9.18 Å². The minimum Gasteiger partial charge on any atom is -0.451 e. The molecule has 1 atom stereocenters. The third-order valence-electron chi connectivity index (χ3n) is 3.29. The van der Waals surface area contributed by atoms with Crippen molar-refractivity contribution in [1.29, 1.82) is 0 Å². The quantitative estimate of drug-likeness (QED) is 0.820. The van der Waals surface area contributed by atoms with Gasteiger partial charge in [0.05, 0.1) is 0 Å². The first-order valence-corrected chi connectivity index (χ1v) is 8.13. The van der Waals surface area contributed by atoms with Gasteiger partial charge in [0.15, 0.2) is 6.61 Å². The second kappa shape index (κ2) is 7.87. The zero-order valence-electron chi connectivity index (χ0n) is 13.0. The Kier molecular flexibility index (Phi) is 5.87. The summed E-state index contributed by atoms with van der Waals surface area (Å²) in [6, 6.07) is 9.49. The van der Waals surface area contributed by atoms with Crippen molar-refractivity contribution in [2.24, 2.45) is 0 Å². The smallest absolute Gasteiger partial charge is 0.348 e. The molecule has 0 bridgehead atoms. The molecule has 1 amide bonds. The number of benzene rings is 1. The zero-order chi connectivity index (χ0) is 16.8. The van der Waals surface area contributed by atoms with E-state index in [1.807, 2.05) is 13.8 Å². The first-order valence-electron chi connectivity index (χ1n) is 7.32. The predicted molar refractivity (Wildman–Crippen MR) is 87.9 cm³/mol. The van der Waals surface area contributed by atoms with Gasteiger partial charge in [0, 0.05) is 10.9 Å². The lowest BCUT2D eigenvalue weighted by Crippen LogP contribution is -2.35. The molecule has 0 aliphatic carbocycles. The van der Waals surface area contributed by atoms with E-state index < -0.39 is 5.97 Å². The third kappa shape index (κ3) is 4.89. The van der Waals surface area contributed by atoms with E-state index in [-0.39, 0.29) is 24.4 Å². The Morgan fingerprint density at radius 3 is 2.57 bits per heavy atom. The Hall–Kier alpha value is -2.21. The predicted octanol–water partition coefficient (Wildman–Crippen LogP) is 3.63. The fourth-order valence-corrected chi connectivity index (χ4v) is 2.74. The van der Waals surface area contributed by atoms with Gasteiger partial charge in [-0.2, -0.15) is 0 Å². The van der Waals surface area contributed by atoms with Crippen LogP contribution < -0.4 is 5.32 Å². The SMILES string of the molecule is CCC(C)NC(=O)COC(=O)c1ccc(-c2ccc(F)cc2)s1. The number of esters is 1. The van der Waals surface area contributed by atoms with Crippen molar-refractivity contribution in [2.75, 3.05) is 6.61 Å². The Balaban J connectivity index is 1.93. The number of nitrogens with one attached hydrogen (secondary N) is 1. The summed E-state index contributed by atoms with van der Waals surface area (Å²) < 4.78 is 17.9. The summed E-state index contributed by atoms with van der Waals surface area (Å²) in [7, 11) is 0. The Bertz CT molecular complexity index is 681. The molecule has 4 nitrogen and oxygen atoms in total. The molecule has 122 valence electrons. The average molecular weight is 335 g/mol. The number of carbonyl (C=O) groups excluding carboxylic acids is 2. The van der Waals surface area contributed by atoms with E-state index in [9.17, 15) is 14.0 Å². The van der Waals surface area contributed by atoms with Gasteiger partial charge in [-0.15, -0.1) is 11.3 Å². The maximum absolute atomic E-state index is 12.9. The van der Waals surface area contributed by atoms with E-state index in [4.69, 9.17) is 4.74 Å². The molecule has 23 heavy (non-hydrogen) atoms. The van der Waals surface area contributed by atoms with Gasteiger partial charge in [0.25, 0.3) is 5.91 Å².